The maximum Gasteiger partial charge on any atom is 0.138 e. The first-order valence-corrected chi connectivity index (χ1v) is 7.34. The maximum absolute atomic E-state index is 5.37. The summed E-state index contributed by atoms with van der Waals surface area (Å²) in [6, 6.07) is 0.398. The summed E-state index contributed by atoms with van der Waals surface area (Å²) >= 11 is 0. The Morgan fingerprint density at radius 2 is 2.16 bits per heavy atom. The van der Waals surface area contributed by atoms with Gasteiger partial charge in [-0.1, -0.05) is 13.8 Å². The van der Waals surface area contributed by atoms with Crippen LogP contribution >= 0.6 is 0 Å². The molecule has 0 spiro atoms. The van der Waals surface area contributed by atoms with Crippen LogP contribution in [0.3, 0.4) is 0 Å². The second-order valence-electron chi connectivity index (χ2n) is 5.04. The van der Waals surface area contributed by atoms with E-state index in [1.807, 2.05) is 4.68 Å². The van der Waals surface area contributed by atoms with Gasteiger partial charge in [-0.3, -0.25) is 4.68 Å². The van der Waals surface area contributed by atoms with Crippen LogP contribution in [0.5, 0.6) is 0 Å². The van der Waals surface area contributed by atoms with Gasteiger partial charge in [-0.15, -0.1) is 0 Å². The lowest BCUT2D eigenvalue weighted by atomic mass is 10.1. The van der Waals surface area contributed by atoms with E-state index in [0.717, 1.165) is 44.6 Å². The van der Waals surface area contributed by atoms with Crippen molar-refractivity contribution in [2.75, 3.05) is 13.7 Å². The largest absolute Gasteiger partial charge is 0.382 e. The minimum Gasteiger partial charge on any atom is -0.382 e. The lowest BCUT2D eigenvalue weighted by Gasteiger charge is -2.21. The molecule has 2 atom stereocenters. The average molecular weight is 268 g/mol. The van der Waals surface area contributed by atoms with Crippen molar-refractivity contribution in [2.45, 2.75) is 65.1 Å². The molecule has 5 nitrogen and oxygen atoms in total. The fourth-order valence-electron chi connectivity index (χ4n) is 2.15. The summed E-state index contributed by atoms with van der Waals surface area (Å²) in [5.41, 5.74) is 0. The number of aryl methyl sites for hydroxylation is 1. The third kappa shape index (κ3) is 5.70. The van der Waals surface area contributed by atoms with Gasteiger partial charge in [0.1, 0.15) is 12.2 Å². The third-order valence-corrected chi connectivity index (χ3v) is 3.26. The summed E-state index contributed by atoms with van der Waals surface area (Å²) in [4.78, 5) is 4.39. The number of nitrogens with one attached hydrogen (secondary N) is 1. The molecule has 0 saturated heterocycles. The Morgan fingerprint density at radius 3 is 2.79 bits per heavy atom. The van der Waals surface area contributed by atoms with E-state index in [1.54, 1.807) is 13.4 Å². The molecular weight excluding hydrogens is 240 g/mol. The van der Waals surface area contributed by atoms with Gasteiger partial charge in [0.05, 0.1) is 6.10 Å². The van der Waals surface area contributed by atoms with Gasteiger partial charge in [-0.2, -0.15) is 5.10 Å². The van der Waals surface area contributed by atoms with Gasteiger partial charge in [-0.05, 0) is 32.7 Å². The molecular formula is C14H28N4O. The molecule has 2 unspecified atom stereocenters. The molecule has 5 heteroatoms. The minimum absolute atomic E-state index is 0.261. The fraction of sp³-hybridized carbons (Fsp3) is 0.857. The van der Waals surface area contributed by atoms with E-state index in [1.165, 1.54) is 0 Å². The lowest BCUT2D eigenvalue weighted by Crippen LogP contribution is -2.35. The van der Waals surface area contributed by atoms with E-state index in [0.29, 0.717) is 6.04 Å². The van der Waals surface area contributed by atoms with Crippen LogP contribution in [0.25, 0.3) is 0 Å². The zero-order valence-electron chi connectivity index (χ0n) is 12.7. The molecule has 1 aromatic rings. The number of aromatic nitrogens is 3. The Bertz CT molecular complexity index is 340. The van der Waals surface area contributed by atoms with Crippen molar-refractivity contribution in [1.82, 2.24) is 20.1 Å². The van der Waals surface area contributed by atoms with E-state index >= 15 is 0 Å². The number of ether oxygens (including phenoxy) is 1. The second-order valence-corrected chi connectivity index (χ2v) is 5.04. The molecule has 0 amide bonds. The summed E-state index contributed by atoms with van der Waals surface area (Å²) in [7, 11) is 1.77. The summed E-state index contributed by atoms with van der Waals surface area (Å²) in [6.07, 6.45) is 6.04. The van der Waals surface area contributed by atoms with Crippen molar-refractivity contribution >= 4 is 0 Å². The minimum atomic E-state index is 0.261. The van der Waals surface area contributed by atoms with E-state index in [9.17, 15) is 0 Å². The zero-order chi connectivity index (χ0) is 14.1. The Hall–Kier alpha value is -0.940. The van der Waals surface area contributed by atoms with Crippen LogP contribution in [0.2, 0.25) is 0 Å². The van der Waals surface area contributed by atoms with Gasteiger partial charge >= 0.3 is 0 Å². The van der Waals surface area contributed by atoms with E-state index in [-0.39, 0.29) is 6.10 Å². The molecule has 110 valence electrons. The van der Waals surface area contributed by atoms with Crippen molar-refractivity contribution < 1.29 is 4.74 Å². The molecule has 0 radical (unpaired) electrons. The Kier molecular flexibility index (Phi) is 7.67. The first-order chi connectivity index (χ1) is 9.21. The predicted molar refractivity (Wildman–Crippen MR) is 77.2 cm³/mol. The summed E-state index contributed by atoms with van der Waals surface area (Å²) in [5.74, 6) is 1.07. The van der Waals surface area contributed by atoms with Crippen LogP contribution in [0.4, 0.5) is 0 Å². The van der Waals surface area contributed by atoms with Crippen molar-refractivity contribution in [3.05, 3.63) is 12.2 Å². The average Bonchev–Trinajstić information content (AvgIpc) is 2.83. The molecule has 0 aliphatic rings. The molecule has 0 aliphatic heterocycles. The molecule has 0 aromatic carbocycles. The number of nitrogens with zero attached hydrogens (tertiary/aromatic N) is 3. The standard InChI is InChI=1S/C14H28N4O/c1-5-7-15-13(9-12(3)19-4)10-14-16-11-17-18(14)8-6-2/h11-13,15H,5-10H2,1-4H3. The van der Waals surface area contributed by atoms with E-state index in [2.05, 4.69) is 36.2 Å². The topological polar surface area (TPSA) is 52.0 Å². The van der Waals surface area contributed by atoms with Gasteiger partial charge in [0, 0.05) is 26.1 Å². The van der Waals surface area contributed by atoms with Crippen LogP contribution in [0.15, 0.2) is 6.33 Å². The van der Waals surface area contributed by atoms with Crippen LogP contribution in [0.1, 0.15) is 45.9 Å². The molecule has 19 heavy (non-hydrogen) atoms. The molecule has 0 aliphatic carbocycles. The fourth-order valence-corrected chi connectivity index (χ4v) is 2.15. The molecule has 1 N–H and O–H groups in total. The summed E-state index contributed by atoms with van der Waals surface area (Å²) in [5, 5.41) is 7.87. The Labute approximate surface area is 116 Å². The van der Waals surface area contributed by atoms with Crippen molar-refractivity contribution in [1.29, 1.82) is 0 Å². The third-order valence-electron chi connectivity index (χ3n) is 3.26. The zero-order valence-corrected chi connectivity index (χ0v) is 12.7. The van der Waals surface area contributed by atoms with Crippen LogP contribution < -0.4 is 5.32 Å². The highest BCUT2D eigenvalue weighted by molar-refractivity contribution is 4.90. The summed E-state index contributed by atoms with van der Waals surface area (Å²) < 4.78 is 7.39. The molecule has 1 rings (SSSR count). The maximum atomic E-state index is 5.37. The van der Waals surface area contributed by atoms with Crippen molar-refractivity contribution in [3.63, 3.8) is 0 Å². The van der Waals surface area contributed by atoms with Crippen molar-refractivity contribution in [2.24, 2.45) is 0 Å². The van der Waals surface area contributed by atoms with Crippen molar-refractivity contribution in [3.8, 4) is 0 Å². The quantitative estimate of drug-likeness (QED) is 0.705. The first kappa shape index (κ1) is 16.1. The highest BCUT2D eigenvalue weighted by atomic mass is 16.5. The number of hydrogen-bond acceptors (Lipinski definition) is 4. The molecule has 0 bridgehead atoms. The second kappa shape index (κ2) is 9.04. The smallest absolute Gasteiger partial charge is 0.138 e. The Morgan fingerprint density at radius 1 is 1.37 bits per heavy atom. The molecule has 1 aromatic heterocycles. The van der Waals surface area contributed by atoms with Crippen LogP contribution in [0, 0.1) is 0 Å². The van der Waals surface area contributed by atoms with Gasteiger partial charge in [0.15, 0.2) is 0 Å². The number of methoxy groups -OCH3 is 1. The van der Waals surface area contributed by atoms with Crippen LogP contribution in [-0.2, 0) is 17.7 Å². The highest BCUT2D eigenvalue weighted by Crippen LogP contribution is 2.08. The normalized spacial score (nSPS) is 14.5. The number of rotatable bonds is 10. The number of hydrogen-bond donors (Lipinski definition) is 1. The monoisotopic (exact) mass is 268 g/mol. The van der Waals surface area contributed by atoms with Gasteiger partial charge in [-0.25, -0.2) is 4.98 Å². The molecule has 0 saturated carbocycles. The van der Waals surface area contributed by atoms with E-state index in [4.69, 9.17) is 4.74 Å². The lowest BCUT2D eigenvalue weighted by molar-refractivity contribution is 0.1000. The van der Waals surface area contributed by atoms with Gasteiger partial charge < -0.3 is 10.1 Å². The van der Waals surface area contributed by atoms with Crippen LogP contribution in [-0.4, -0.2) is 40.6 Å². The van der Waals surface area contributed by atoms with E-state index < -0.39 is 0 Å². The molecule has 0 fully saturated rings. The predicted octanol–water partition coefficient (Wildman–Crippen LogP) is 2.02. The molecule has 1 heterocycles. The Balaban J connectivity index is 2.61. The SMILES string of the molecule is CCCNC(Cc1ncnn1CCC)CC(C)OC. The first-order valence-electron chi connectivity index (χ1n) is 7.34. The highest BCUT2D eigenvalue weighted by Gasteiger charge is 2.16. The van der Waals surface area contributed by atoms with Gasteiger partial charge in [0.2, 0.25) is 0 Å². The summed E-state index contributed by atoms with van der Waals surface area (Å²) in [6.45, 7) is 8.42. The van der Waals surface area contributed by atoms with Gasteiger partial charge in [0.25, 0.3) is 0 Å².